The van der Waals surface area contributed by atoms with Crippen LogP contribution >= 0.6 is 11.6 Å². The third-order valence-corrected chi connectivity index (χ3v) is 12.1. The highest BCUT2D eigenvalue weighted by Gasteiger charge is 2.28. The van der Waals surface area contributed by atoms with E-state index < -0.39 is 5.91 Å². The van der Waals surface area contributed by atoms with Gasteiger partial charge in [-0.05, 0) is 63.0 Å². The minimum Gasteiger partial charge on any atom is -0.467 e. The van der Waals surface area contributed by atoms with E-state index in [2.05, 4.69) is 41.0 Å². The van der Waals surface area contributed by atoms with E-state index >= 15 is 0 Å². The number of imidazole rings is 2. The SMILES string of the molecule is COc1ncc(-c2ccc3ncc4c(c3n2)n(C2CCN(CC(N)=O)CC2)c(=O)n4C)cn1.COc1ncc(-c2ccc3ncc4c(c3n2)n(C2CCNCC2)c(=O)n4C)cn1.NC(=O)CCl. The van der Waals surface area contributed by atoms with Crippen LogP contribution in [-0.2, 0) is 23.7 Å². The molecule has 22 nitrogen and oxygen atoms in total. The molecular formula is C44H49ClN16O6. The van der Waals surface area contributed by atoms with E-state index in [1.165, 1.54) is 14.2 Å². The summed E-state index contributed by atoms with van der Waals surface area (Å²) in [7, 11) is 6.58. The van der Waals surface area contributed by atoms with Crippen LogP contribution in [0.1, 0.15) is 37.8 Å². The minimum absolute atomic E-state index is 0.00861. The van der Waals surface area contributed by atoms with E-state index in [4.69, 9.17) is 36.8 Å². The number of likely N-dealkylation sites (tertiary alicyclic amines) is 1. The van der Waals surface area contributed by atoms with Crippen molar-refractivity contribution in [3.63, 3.8) is 0 Å². The number of primary amides is 2. The van der Waals surface area contributed by atoms with Gasteiger partial charge < -0.3 is 26.3 Å². The summed E-state index contributed by atoms with van der Waals surface area (Å²) < 4.78 is 17.1. The van der Waals surface area contributed by atoms with Gasteiger partial charge in [-0.1, -0.05) is 0 Å². The lowest BCUT2D eigenvalue weighted by molar-refractivity contribution is -0.119. The Morgan fingerprint density at radius 1 is 0.657 bits per heavy atom. The fourth-order valence-corrected chi connectivity index (χ4v) is 8.50. The first-order chi connectivity index (χ1) is 32.4. The number of carbonyl (C=O) groups excluding carboxylic acids is 2. The van der Waals surface area contributed by atoms with Gasteiger partial charge in [-0.15, -0.1) is 11.6 Å². The molecule has 2 aliphatic heterocycles. The average molecular weight is 933 g/mol. The molecule has 8 aromatic rings. The van der Waals surface area contributed by atoms with Crippen LogP contribution in [0.2, 0.25) is 0 Å². The lowest BCUT2D eigenvalue weighted by atomic mass is 10.0. The molecule has 0 radical (unpaired) electrons. The number of ether oxygens (including phenoxy) is 2. The predicted molar refractivity (Wildman–Crippen MR) is 251 cm³/mol. The average Bonchev–Trinajstić information content (AvgIpc) is 3.78. The number of hydrogen-bond acceptors (Lipinski definition) is 16. The van der Waals surface area contributed by atoms with Crippen LogP contribution in [0.5, 0.6) is 12.0 Å². The van der Waals surface area contributed by atoms with Gasteiger partial charge in [0.2, 0.25) is 11.8 Å². The maximum Gasteiger partial charge on any atom is 0.329 e. The van der Waals surface area contributed by atoms with Crippen molar-refractivity contribution in [3.8, 4) is 34.5 Å². The number of aromatic nitrogens is 12. The molecule has 2 saturated heterocycles. The van der Waals surface area contributed by atoms with E-state index in [0.29, 0.717) is 41.3 Å². The standard InChI is InChI=1S/C22H24N8O3.C20H21N7O2.C2H4ClNO/c1-28-17-11-24-16-4-3-15(13-9-25-21(33-2)26-10-13)27-19(16)20(17)30(22(28)32)14-5-7-29(8-6-14)12-18(23)31;1-26-16-11-22-15-4-3-14(12-9-23-19(29-2)24-10-12)25-17(15)18(16)27(20(26)28)13-5-7-21-8-6-13;3-1-2(4)5/h3-4,9-11,14H,5-8,12H2,1-2H3,(H2,23,31);3-4,9-11,13,21H,5-8H2,1-2H3;1H2,(H2,4,5). The molecule has 8 aromatic heterocycles. The molecule has 0 unspecified atom stereocenters. The molecule has 0 bridgehead atoms. The lowest BCUT2D eigenvalue weighted by Crippen LogP contribution is -2.41. The Labute approximate surface area is 387 Å². The van der Waals surface area contributed by atoms with Gasteiger partial charge >= 0.3 is 23.4 Å². The van der Waals surface area contributed by atoms with Crippen LogP contribution in [-0.4, -0.2) is 128 Å². The van der Waals surface area contributed by atoms with Crippen molar-refractivity contribution >= 4 is 67.5 Å². The molecule has 0 aliphatic carbocycles. The van der Waals surface area contributed by atoms with Gasteiger partial charge in [0.15, 0.2) is 0 Å². The molecule has 67 heavy (non-hydrogen) atoms. The van der Waals surface area contributed by atoms with Gasteiger partial charge in [0.1, 0.15) is 16.9 Å². The number of carbonyl (C=O) groups is 2. The number of alkyl halides is 1. The molecule has 0 spiro atoms. The second kappa shape index (κ2) is 20.0. The number of fused-ring (bicyclic) bond motifs is 6. The third-order valence-electron chi connectivity index (χ3n) is 11.8. The third kappa shape index (κ3) is 9.49. The number of hydrogen-bond donors (Lipinski definition) is 3. The van der Waals surface area contributed by atoms with Gasteiger partial charge in [-0.3, -0.25) is 42.7 Å². The van der Waals surface area contributed by atoms with E-state index in [1.54, 1.807) is 60.4 Å². The van der Waals surface area contributed by atoms with Crippen molar-refractivity contribution in [2.45, 2.75) is 37.8 Å². The van der Waals surface area contributed by atoms with Gasteiger partial charge in [-0.25, -0.2) is 39.5 Å². The van der Waals surface area contributed by atoms with Crippen LogP contribution in [0.4, 0.5) is 0 Å². The number of rotatable bonds is 9. The topological polar surface area (TPSA) is 277 Å². The van der Waals surface area contributed by atoms with Crippen molar-refractivity contribution in [2.75, 3.05) is 52.8 Å². The van der Waals surface area contributed by atoms with Crippen molar-refractivity contribution in [1.82, 2.24) is 68.4 Å². The molecular weight excluding hydrogens is 884 g/mol. The van der Waals surface area contributed by atoms with Gasteiger partial charge in [0.25, 0.3) is 0 Å². The predicted octanol–water partition coefficient (Wildman–Crippen LogP) is 2.25. The molecule has 2 amide bonds. The Bertz CT molecular complexity index is 3210. The monoisotopic (exact) mass is 932 g/mol. The number of piperidine rings is 2. The summed E-state index contributed by atoms with van der Waals surface area (Å²) in [5.74, 6) is -0.904. The van der Waals surface area contributed by atoms with Crippen molar-refractivity contribution < 1.29 is 19.1 Å². The molecule has 10 rings (SSSR count). The number of halogens is 1. The highest BCUT2D eigenvalue weighted by Crippen LogP contribution is 2.32. The second-order valence-electron chi connectivity index (χ2n) is 16.0. The smallest absolute Gasteiger partial charge is 0.329 e. The Kier molecular flexibility index (Phi) is 13.8. The Hall–Kier alpha value is -7.43. The molecule has 0 saturated carbocycles. The van der Waals surface area contributed by atoms with Crippen molar-refractivity contribution in [2.24, 2.45) is 25.6 Å². The summed E-state index contributed by atoms with van der Waals surface area (Å²) >= 11 is 4.86. The Morgan fingerprint density at radius 2 is 1.07 bits per heavy atom. The van der Waals surface area contributed by atoms with E-state index in [9.17, 15) is 19.2 Å². The number of nitrogens with two attached hydrogens (primary N) is 2. The summed E-state index contributed by atoms with van der Waals surface area (Å²) in [5, 5.41) is 3.36. The van der Waals surface area contributed by atoms with Crippen molar-refractivity contribution in [3.05, 3.63) is 82.4 Å². The summed E-state index contributed by atoms with van der Waals surface area (Å²) in [4.78, 5) is 84.6. The number of amides is 2. The summed E-state index contributed by atoms with van der Waals surface area (Å²) in [6.45, 7) is 3.43. The van der Waals surface area contributed by atoms with Crippen molar-refractivity contribution in [1.29, 1.82) is 0 Å². The highest BCUT2D eigenvalue weighted by atomic mass is 35.5. The molecule has 348 valence electrons. The summed E-state index contributed by atoms with van der Waals surface area (Å²) in [6, 6.07) is 8.29. The molecule has 10 heterocycles. The van der Waals surface area contributed by atoms with Gasteiger partial charge in [-0.2, -0.15) is 0 Å². The number of pyridine rings is 4. The summed E-state index contributed by atoms with van der Waals surface area (Å²) in [6.07, 6.45) is 13.4. The normalized spacial score (nSPS) is 14.7. The first-order valence-corrected chi connectivity index (χ1v) is 22.0. The fraction of sp³-hybridized carbons (Fsp3) is 0.364. The van der Waals surface area contributed by atoms with Crippen LogP contribution in [0.25, 0.3) is 66.6 Å². The first-order valence-electron chi connectivity index (χ1n) is 21.4. The Balaban J connectivity index is 0.000000166. The second-order valence-corrected chi connectivity index (χ2v) is 16.3. The number of nitrogens with zero attached hydrogens (tertiary/aromatic N) is 13. The maximum absolute atomic E-state index is 13.3. The first kappa shape index (κ1) is 46.1. The highest BCUT2D eigenvalue weighted by molar-refractivity contribution is 6.27. The Morgan fingerprint density at radius 3 is 1.46 bits per heavy atom. The van der Waals surface area contributed by atoms with E-state index in [1.807, 2.05) is 38.3 Å². The van der Waals surface area contributed by atoms with Crippen LogP contribution in [0, 0.1) is 0 Å². The fourth-order valence-electron chi connectivity index (χ4n) is 8.50. The molecule has 2 fully saturated rings. The van der Waals surface area contributed by atoms with Crippen LogP contribution in [0.3, 0.4) is 0 Å². The molecule has 0 aromatic carbocycles. The zero-order chi connectivity index (χ0) is 47.4. The zero-order valence-corrected chi connectivity index (χ0v) is 38.1. The van der Waals surface area contributed by atoms with E-state index in [0.717, 1.165) is 83.2 Å². The molecule has 5 N–H and O–H groups in total. The maximum atomic E-state index is 13.3. The largest absolute Gasteiger partial charge is 0.467 e. The van der Waals surface area contributed by atoms with Gasteiger partial charge in [0.05, 0.1) is 77.6 Å². The lowest BCUT2D eigenvalue weighted by Gasteiger charge is -2.31. The van der Waals surface area contributed by atoms with Crippen LogP contribution in [0.15, 0.2) is 71.0 Å². The quantitative estimate of drug-likeness (QED) is 0.175. The minimum atomic E-state index is -0.480. The van der Waals surface area contributed by atoms with Crippen LogP contribution < -0.4 is 37.6 Å². The molecule has 2 aliphatic rings. The van der Waals surface area contributed by atoms with E-state index in [-0.39, 0.29) is 47.8 Å². The number of nitrogens with one attached hydrogen (secondary N) is 1. The zero-order valence-electron chi connectivity index (χ0n) is 37.3. The van der Waals surface area contributed by atoms with Gasteiger partial charge in [0, 0.05) is 75.2 Å². The number of methoxy groups -OCH3 is 2. The number of aryl methyl sites for hydroxylation is 2. The molecule has 23 heteroatoms. The summed E-state index contributed by atoms with van der Waals surface area (Å²) in [5.41, 5.74) is 18.6. The molecule has 0 atom stereocenters.